The van der Waals surface area contributed by atoms with Gasteiger partial charge in [0.25, 0.3) is 10.0 Å². The molecule has 9 nitrogen and oxygen atoms in total. The van der Waals surface area contributed by atoms with Gasteiger partial charge in [0, 0.05) is 13.1 Å². The Morgan fingerprint density at radius 1 is 0.826 bits per heavy atom. The van der Waals surface area contributed by atoms with E-state index in [2.05, 4.69) is 5.32 Å². The number of unbranched alkanes of at least 4 members (excludes halogenated alkanes) is 1. The van der Waals surface area contributed by atoms with Gasteiger partial charge in [-0.3, -0.25) is 13.9 Å². The number of nitrogens with zero attached hydrogens (tertiary/aromatic N) is 2. The van der Waals surface area contributed by atoms with Gasteiger partial charge < -0.3 is 19.7 Å². The number of para-hydroxylation sites is 1. The normalized spacial score (nSPS) is 11.7. The monoisotopic (exact) mass is 643 g/mol. The average Bonchev–Trinajstić information content (AvgIpc) is 3.07. The zero-order chi connectivity index (χ0) is 33.1. The molecule has 2 amide bonds. The van der Waals surface area contributed by atoms with Gasteiger partial charge in [0.15, 0.2) is 0 Å². The van der Waals surface area contributed by atoms with Gasteiger partial charge in [-0.15, -0.1) is 0 Å². The SMILES string of the molecule is CCCCNC(=O)[C@H](C)N(Cc1ccc(OC)cc1)C(=O)CN(c1ccc(Oc2ccccc2)cc1)S(=O)(=O)c1ccc(C)cc1. The van der Waals surface area contributed by atoms with Gasteiger partial charge in [-0.25, -0.2) is 8.42 Å². The van der Waals surface area contributed by atoms with Crippen molar-refractivity contribution in [3.63, 3.8) is 0 Å². The average molecular weight is 644 g/mol. The van der Waals surface area contributed by atoms with Crippen molar-refractivity contribution in [1.29, 1.82) is 0 Å². The number of ether oxygens (including phenoxy) is 2. The molecule has 0 saturated heterocycles. The summed E-state index contributed by atoms with van der Waals surface area (Å²) >= 11 is 0. The van der Waals surface area contributed by atoms with Crippen molar-refractivity contribution in [3.8, 4) is 17.2 Å². The lowest BCUT2D eigenvalue weighted by atomic mass is 10.1. The highest BCUT2D eigenvalue weighted by atomic mass is 32.2. The molecule has 242 valence electrons. The minimum atomic E-state index is -4.19. The van der Waals surface area contributed by atoms with Crippen LogP contribution in [-0.4, -0.2) is 51.4 Å². The second-order valence-corrected chi connectivity index (χ2v) is 12.8. The quantitative estimate of drug-likeness (QED) is 0.152. The summed E-state index contributed by atoms with van der Waals surface area (Å²) in [6.07, 6.45) is 1.71. The fourth-order valence-corrected chi connectivity index (χ4v) is 6.13. The third kappa shape index (κ3) is 8.88. The lowest BCUT2D eigenvalue weighted by Gasteiger charge is -2.32. The Hall–Kier alpha value is -4.83. The number of hydrogen-bond donors (Lipinski definition) is 1. The molecule has 1 atom stereocenters. The number of amides is 2. The smallest absolute Gasteiger partial charge is 0.264 e. The predicted octanol–water partition coefficient (Wildman–Crippen LogP) is 6.32. The Bertz CT molecular complexity index is 1680. The van der Waals surface area contributed by atoms with Crippen LogP contribution < -0.4 is 19.1 Å². The highest BCUT2D eigenvalue weighted by Crippen LogP contribution is 2.29. The topological polar surface area (TPSA) is 105 Å². The van der Waals surface area contributed by atoms with E-state index in [-0.39, 0.29) is 23.0 Å². The fraction of sp³-hybridized carbons (Fsp3) is 0.278. The van der Waals surface area contributed by atoms with Crippen molar-refractivity contribution in [3.05, 3.63) is 114 Å². The van der Waals surface area contributed by atoms with Crippen LogP contribution in [0.1, 0.15) is 37.8 Å². The molecule has 0 aliphatic heterocycles. The van der Waals surface area contributed by atoms with Crippen molar-refractivity contribution in [2.24, 2.45) is 0 Å². The first-order chi connectivity index (χ1) is 22.1. The van der Waals surface area contributed by atoms with Crippen molar-refractivity contribution in [1.82, 2.24) is 10.2 Å². The van der Waals surface area contributed by atoms with E-state index in [1.165, 1.54) is 17.0 Å². The summed E-state index contributed by atoms with van der Waals surface area (Å²) in [7, 11) is -2.62. The van der Waals surface area contributed by atoms with Crippen LogP contribution in [-0.2, 0) is 26.2 Å². The molecular weight excluding hydrogens is 602 g/mol. The number of hydrogen-bond acceptors (Lipinski definition) is 6. The van der Waals surface area contributed by atoms with Crippen LogP contribution in [0.25, 0.3) is 0 Å². The summed E-state index contributed by atoms with van der Waals surface area (Å²) in [4.78, 5) is 28.8. The van der Waals surface area contributed by atoms with E-state index in [0.717, 1.165) is 28.3 Å². The minimum Gasteiger partial charge on any atom is -0.497 e. The van der Waals surface area contributed by atoms with Gasteiger partial charge in [-0.1, -0.05) is 61.4 Å². The van der Waals surface area contributed by atoms with Crippen LogP contribution in [0.3, 0.4) is 0 Å². The lowest BCUT2D eigenvalue weighted by molar-refractivity contribution is -0.139. The molecule has 46 heavy (non-hydrogen) atoms. The number of nitrogens with one attached hydrogen (secondary N) is 1. The Balaban J connectivity index is 1.68. The number of carbonyl (C=O) groups is 2. The van der Waals surface area contributed by atoms with Crippen LogP contribution >= 0.6 is 0 Å². The van der Waals surface area contributed by atoms with Crippen LogP contribution in [0.15, 0.2) is 108 Å². The molecule has 4 aromatic carbocycles. The largest absolute Gasteiger partial charge is 0.497 e. The Labute approximate surface area is 271 Å². The maximum Gasteiger partial charge on any atom is 0.264 e. The molecule has 0 heterocycles. The molecule has 0 radical (unpaired) electrons. The number of methoxy groups -OCH3 is 1. The van der Waals surface area contributed by atoms with Crippen molar-refractivity contribution >= 4 is 27.5 Å². The highest BCUT2D eigenvalue weighted by Gasteiger charge is 2.32. The molecule has 0 fully saturated rings. The van der Waals surface area contributed by atoms with Crippen LogP contribution in [0, 0.1) is 6.92 Å². The van der Waals surface area contributed by atoms with E-state index < -0.39 is 28.5 Å². The van der Waals surface area contributed by atoms with Crippen molar-refractivity contribution in [2.45, 2.75) is 51.1 Å². The van der Waals surface area contributed by atoms with E-state index in [1.807, 2.05) is 56.3 Å². The van der Waals surface area contributed by atoms with Gasteiger partial charge >= 0.3 is 0 Å². The number of rotatable bonds is 15. The summed E-state index contributed by atoms with van der Waals surface area (Å²) in [6, 6.07) is 28.5. The summed E-state index contributed by atoms with van der Waals surface area (Å²) in [5, 5.41) is 2.90. The van der Waals surface area contributed by atoms with Crippen molar-refractivity contribution < 1.29 is 27.5 Å². The molecule has 0 spiro atoms. The molecule has 0 aliphatic rings. The molecule has 4 aromatic rings. The third-order valence-electron chi connectivity index (χ3n) is 7.50. The van der Waals surface area contributed by atoms with E-state index >= 15 is 0 Å². The molecule has 0 unspecified atom stereocenters. The van der Waals surface area contributed by atoms with Gasteiger partial charge in [-0.2, -0.15) is 0 Å². The number of benzene rings is 4. The molecule has 1 N–H and O–H groups in total. The number of anilines is 1. The van der Waals surface area contributed by atoms with E-state index in [1.54, 1.807) is 62.6 Å². The zero-order valence-electron chi connectivity index (χ0n) is 26.7. The number of sulfonamides is 1. The van der Waals surface area contributed by atoms with Crippen LogP contribution in [0.5, 0.6) is 17.2 Å². The standard InChI is InChI=1S/C36H41N3O6S/c1-5-6-24-37-36(41)28(3)38(25-29-14-18-31(44-4)19-15-29)35(40)26-39(46(42,43)34-22-12-27(2)13-23-34)30-16-20-33(21-17-30)45-32-10-8-7-9-11-32/h7-23,28H,5-6,24-26H2,1-4H3,(H,37,41)/t28-/m0/s1. The molecule has 0 saturated carbocycles. The Morgan fingerprint density at radius 2 is 1.43 bits per heavy atom. The first-order valence-corrected chi connectivity index (χ1v) is 16.7. The summed E-state index contributed by atoms with van der Waals surface area (Å²) < 4.78 is 40.5. The van der Waals surface area contributed by atoms with Gasteiger partial charge in [0.05, 0.1) is 17.7 Å². The maximum absolute atomic E-state index is 14.2. The molecular formula is C36H41N3O6S. The van der Waals surface area contributed by atoms with Crippen molar-refractivity contribution in [2.75, 3.05) is 24.5 Å². The maximum atomic E-state index is 14.2. The molecule has 10 heteroatoms. The van der Waals surface area contributed by atoms with Gasteiger partial charge in [0.1, 0.15) is 29.8 Å². The van der Waals surface area contributed by atoms with Gasteiger partial charge in [0.2, 0.25) is 11.8 Å². The summed E-state index contributed by atoms with van der Waals surface area (Å²) in [6.45, 7) is 5.59. The Morgan fingerprint density at radius 3 is 2.04 bits per heavy atom. The molecule has 0 aliphatic carbocycles. The zero-order valence-corrected chi connectivity index (χ0v) is 27.5. The third-order valence-corrected chi connectivity index (χ3v) is 9.29. The fourth-order valence-electron chi connectivity index (χ4n) is 4.72. The Kier molecular flexibility index (Phi) is 11.8. The first-order valence-electron chi connectivity index (χ1n) is 15.2. The lowest BCUT2D eigenvalue weighted by Crippen LogP contribution is -2.51. The molecule has 0 bridgehead atoms. The summed E-state index contributed by atoms with van der Waals surface area (Å²) in [5.41, 5.74) is 1.94. The van der Waals surface area contributed by atoms with Crippen LogP contribution in [0.2, 0.25) is 0 Å². The van der Waals surface area contributed by atoms with E-state index in [4.69, 9.17) is 9.47 Å². The molecule has 0 aromatic heterocycles. The second kappa shape index (κ2) is 15.9. The van der Waals surface area contributed by atoms with Gasteiger partial charge in [-0.05, 0) is 86.5 Å². The predicted molar refractivity (Wildman–Crippen MR) is 180 cm³/mol. The number of aryl methyl sites for hydroxylation is 1. The first kappa shape index (κ1) is 34.1. The number of carbonyl (C=O) groups excluding carboxylic acids is 2. The molecule has 4 rings (SSSR count). The summed E-state index contributed by atoms with van der Waals surface area (Å²) in [5.74, 6) is 0.948. The minimum absolute atomic E-state index is 0.0440. The van der Waals surface area contributed by atoms with Crippen LogP contribution in [0.4, 0.5) is 5.69 Å². The van der Waals surface area contributed by atoms with E-state index in [0.29, 0.717) is 23.8 Å². The van der Waals surface area contributed by atoms with E-state index in [9.17, 15) is 18.0 Å². The highest BCUT2D eigenvalue weighted by molar-refractivity contribution is 7.92. The second-order valence-electron chi connectivity index (χ2n) is 10.9.